The van der Waals surface area contributed by atoms with Crippen LogP contribution >= 0.6 is 0 Å². The van der Waals surface area contributed by atoms with E-state index in [2.05, 4.69) is 26.6 Å². The number of likely N-dealkylation sites (tertiary alicyclic amines) is 2. The van der Waals surface area contributed by atoms with E-state index in [1.807, 2.05) is 131 Å². The molecule has 75 heavy (non-hydrogen) atoms. The molecule has 17 heteroatoms. The molecule has 6 amide bonds. The Kier molecular flexibility index (Phi) is 24.6. The number of rotatable bonds is 30. The largest absolute Gasteiger partial charge is 0.356 e. The SMILES string of the molecule is CN[C@@H](C)C(=O)N[C@@H](CCCNC(O)OCc1ccccc1)C(=O)N1CCC[C@H]1CN(CCc1ccccc1)C(=O)CCCC(=O)N(CCc1ccccc1)C[C@@H]1CCCN1C(=O)[C@@H](NC(=O)[C@H](C)NC)C(C)(C)C. The topological polar surface area (TPSA) is 205 Å². The first kappa shape index (κ1) is 60.1. The van der Waals surface area contributed by atoms with Crippen molar-refractivity contribution in [2.45, 2.75) is 155 Å². The zero-order valence-corrected chi connectivity index (χ0v) is 45.7. The van der Waals surface area contributed by atoms with Gasteiger partial charge in [-0.05, 0) is 114 Å². The molecule has 2 fully saturated rings. The van der Waals surface area contributed by atoms with Crippen LogP contribution in [0, 0.1) is 5.41 Å². The highest BCUT2D eigenvalue weighted by Crippen LogP contribution is 2.27. The van der Waals surface area contributed by atoms with Crippen LogP contribution in [-0.4, -0.2) is 163 Å². The Morgan fingerprint density at radius 3 is 1.57 bits per heavy atom. The Balaban J connectivity index is 1.25. The van der Waals surface area contributed by atoms with Gasteiger partial charge in [-0.3, -0.25) is 34.1 Å². The molecule has 412 valence electrons. The number of carbonyl (C=O) groups is 6. The number of ether oxygens (including phenoxy) is 1. The maximum absolute atomic E-state index is 14.5. The van der Waals surface area contributed by atoms with Gasteiger partial charge < -0.3 is 50.7 Å². The summed E-state index contributed by atoms with van der Waals surface area (Å²) in [5, 5.41) is 25.3. The van der Waals surface area contributed by atoms with E-state index in [9.17, 15) is 33.9 Å². The van der Waals surface area contributed by atoms with Crippen LogP contribution in [0.15, 0.2) is 91.0 Å². The Hall–Kier alpha value is -5.72. The molecule has 2 saturated heterocycles. The van der Waals surface area contributed by atoms with Gasteiger partial charge in [0.2, 0.25) is 41.9 Å². The third kappa shape index (κ3) is 19.4. The molecule has 17 nitrogen and oxygen atoms in total. The Morgan fingerprint density at radius 1 is 0.653 bits per heavy atom. The van der Waals surface area contributed by atoms with Crippen molar-refractivity contribution >= 4 is 35.4 Å². The van der Waals surface area contributed by atoms with Crippen molar-refractivity contribution in [2.75, 3.05) is 59.9 Å². The standard InChI is InChI=1S/C58H87N9O8/c1-42(59-6)53(70)62-49(29-18-34-61-57(74)75-41-46-25-15-10-16-26-46)55(72)66-35-19-27-47(66)39-64(37-32-44-21-11-8-12-22-44)50(68)30-17-31-51(69)65(38-33-45-23-13-9-14-24-45)40-48-28-20-36-67(48)56(73)52(58(3,4)5)63-54(71)43(2)60-7/h8-16,21-26,42-43,47-49,52,57,59-61,74H,17-20,27-41H2,1-7H3,(H,62,70)(H,63,71)/t42-,43-,47-,48-,49-,52+,57?/m0/s1. The molecule has 2 aliphatic rings. The number of benzene rings is 3. The number of likely N-dealkylation sites (N-methyl/N-ethyl adjacent to an activating group) is 2. The summed E-state index contributed by atoms with van der Waals surface area (Å²) < 4.78 is 5.55. The average Bonchev–Trinajstić information content (AvgIpc) is 4.09. The van der Waals surface area contributed by atoms with Crippen molar-refractivity contribution in [3.05, 3.63) is 108 Å². The second-order valence-corrected chi connectivity index (χ2v) is 21.3. The molecule has 6 N–H and O–H groups in total. The lowest BCUT2D eigenvalue weighted by molar-refractivity contribution is -0.142. The summed E-state index contributed by atoms with van der Waals surface area (Å²) in [5.74, 6) is -1.11. The molecular weight excluding hydrogens is 951 g/mol. The first-order valence-electron chi connectivity index (χ1n) is 27.3. The van der Waals surface area contributed by atoms with Crippen LogP contribution in [-0.2, 0) is 53.0 Å². The quantitative estimate of drug-likeness (QED) is 0.0409. The van der Waals surface area contributed by atoms with E-state index >= 15 is 0 Å². The van der Waals surface area contributed by atoms with Crippen LogP contribution in [0.3, 0.4) is 0 Å². The molecule has 2 heterocycles. The second kappa shape index (κ2) is 30.7. The number of nitrogens with one attached hydrogen (secondary N) is 5. The molecule has 0 saturated carbocycles. The smallest absolute Gasteiger partial charge is 0.246 e. The van der Waals surface area contributed by atoms with E-state index in [4.69, 9.17) is 4.74 Å². The molecule has 5 rings (SSSR count). The van der Waals surface area contributed by atoms with E-state index in [0.717, 1.165) is 36.0 Å². The molecule has 0 radical (unpaired) electrons. The van der Waals surface area contributed by atoms with Crippen LogP contribution in [0.5, 0.6) is 0 Å². The van der Waals surface area contributed by atoms with Gasteiger partial charge in [0.25, 0.3) is 0 Å². The summed E-state index contributed by atoms with van der Waals surface area (Å²) in [6.45, 7) is 12.4. The van der Waals surface area contributed by atoms with Crippen LogP contribution in [0.2, 0.25) is 0 Å². The van der Waals surface area contributed by atoms with Crippen LogP contribution in [0.1, 0.15) is 109 Å². The number of aliphatic hydroxyl groups is 1. The summed E-state index contributed by atoms with van der Waals surface area (Å²) in [4.78, 5) is 91.3. The summed E-state index contributed by atoms with van der Waals surface area (Å²) in [6, 6.07) is 26.4. The summed E-state index contributed by atoms with van der Waals surface area (Å²) in [5.41, 5.74) is 2.53. The van der Waals surface area contributed by atoms with Gasteiger partial charge >= 0.3 is 0 Å². The summed E-state index contributed by atoms with van der Waals surface area (Å²) >= 11 is 0. The van der Waals surface area contributed by atoms with Gasteiger partial charge in [0.1, 0.15) is 12.1 Å². The zero-order chi connectivity index (χ0) is 54.3. The number of hydrogen-bond acceptors (Lipinski definition) is 11. The second-order valence-electron chi connectivity index (χ2n) is 21.3. The Bertz CT molecular complexity index is 2230. The summed E-state index contributed by atoms with van der Waals surface area (Å²) in [6.07, 6.45) is 4.34. The lowest BCUT2D eigenvalue weighted by Gasteiger charge is -2.37. The van der Waals surface area contributed by atoms with Crippen molar-refractivity contribution in [1.82, 2.24) is 46.2 Å². The van der Waals surface area contributed by atoms with E-state index in [1.54, 1.807) is 27.9 Å². The van der Waals surface area contributed by atoms with Crippen molar-refractivity contribution in [3.63, 3.8) is 0 Å². The van der Waals surface area contributed by atoms with Gasteiger partial charge in [0.05, 0.1) is 18.7 Å². The Labute approximate surface area is 446 Å². The van der Waals surface area contributed by atoms with Gasteiger partial charge in [-0.25, -0.2) is 0 Å². The highest BCUT2D eigenvalue weighted by molar-refractivity contribution is 5.91. The highest BCUT2D eigenvalue weighted by atomic mass is 16.6. The molecule has 7 atom stereocenters. The van der Waals surface area contributed by atoms with Crippen molar-refractivity contribution in [1.29, 1.82) is 0 Å². The fourth-order valence-corrected chi connectivity index (χ4v) is 9.74. The minimum absolute atomic E-state index is 0.0879. The normalized spacial score (nSPS) is 17.7. The maximum Gasteiger partial charge on any atom is 0.246 e. The number of aliphatic hydroxyl groups excluding tert-OH is 1. The predicted molar refractivity (Wildman–Crippen MR) is 292 cm³/mol. The molecule has 2 aliphatic heterocycles. The molecule has 0 aliphatic carbocycles. The average molecular weight is 1040 g/mol. The van der Waals surface area contributed by atoms with E-state index in [0.29, 0.717) is 84.3 Å². The van der Waals surface area contributed by atoms with Gasteiger partial charge in [-0.1, -0.05) is 112 Å². The van der Waals surface area contributed by atoms with Gasteiger partial charge in [0, 0.05) is 64.2 Å². The summed E-state index contributed by atoms with van der Waals surface area (Å²) in [7, 11) is 3.39. The van der Waals surface area contributed by atoms with E-state index in [-0.39, 0.29) is 67.0 Å². The number of carbonyl (C=O) groups excluding carboxylic acids is 6. The van der Waals surface area contributed by atoms with Crippen LogP contribution in [0.4, 0.5) is 0 Å². The molecular formula is C58H87N9O8. The molecule has 1 unspecified atom stereocenters. The van der Waals surface area contributed by atoms with E-state index in [1.165, 1.54) is 0 Å². The first-order chi connectivity index (χ1) is 36.0. The van der Waals surface area contributed by atoms with Crippen LogP contribution < -0.4 is 26.6 Å². The van der Waals surface area contributed by atoms with Gasteiger partial charge in [-0.15, -0.1) is 0 Å². The van der Waals surface area contributed by atoms with E-state index < -0.39 is 36.0 Å². The maximum atomic E-state index is 14.5. The van der Waals surface area contributed by atoms with Crippen molar-refractivity contribution < 1.29 is 38.6 Å². The lowest BCUT2D eigenvalue weighted by atomic mass is 9.85. The van der Waals surface area contributed by atoms with Crippen molar-refractivity contribution in [2.24, 2.45) is 5.41 Å². The third-order valence-corrected chi connectivity index (χ3v) is 14.6. The fraction of sp³-hybridized carbons (Fsp3) is 0.586. The third-order valence-electron chi connectivity index (χ3n) is 14.6. The number of amides is 6. The Morgan fingerprint density at radius 2 is 1.11 bits per heavy atom. The monoisotopic (exact) mass is 1040 g/mol. The van der Waals surface area contributed by atoms with Crippen LogP contribution in [0.25, 0.3) is 0 Å². The fourth-order valence-electron chi connectivity index (χ4n) is 9.74. The predicted octanol–water partition coefficient (Wildman–Crippen LogP) is 4.38. The minimum atomic E-state index is -1.21. The molecule has 0 aromatic heterocycles. The lowest BCUT2D eigenvalue weighted by Crippen LogP contribution is -2.59. The zero-order valence-electron chi connectivity index (χ0n) is 45.7. The van der Waals surface area contributed by atoms with Gasteiger partial charge in [-0.2, -0.15) is 0 Å². The number of nitrogens with zero attached hydrogens (tertiary/aromatic N) is 4. The minimum Gasteiger partial charge on any atom is -0.356 e. The first-order valence-corrected chi connectivity index (χ1v) is 27.3. The molecule has 0 spiro atoms. The van der Waals surface area contributed by atoms with Gasteiger partial charge in [0.15, 0.2) is 0 Å². The van der Waals surface area contributed by atoms with Crippen molar-refractivity contribution in [3.8, 4) is 0 Å². The molecule has 0 bridgehead atoms. The molecule has 3 aromatic rings. The number of hydrogen-bond donors (Lipinski definition) is 6. The molecule has 3 aromatic carbocycles. The highest BCUT2D eigenvalue weighted by Gasteiger charge is 2.41.